The second-order valence-corrected chi connectivity index (χ2v) is 6.61. The molecule has 6 heteroatoms. The van der Waals surface area contributed by atoms with E-state index in [1.54, 1.807) is 18.2 Å². The molecule has 2 amide bonds. The third-order valence-electron chi connectivity index (χ3n) is 3.50. The topological polar surface area (TPSA) is 78.4 Å². The molecule has 0 saturated carbocycles. The van der Waals surface area contributed by atoms with Crippen LogP contribution in [0.2, 0.25) is 0 Å². The summed E-state index contributed by atoms with van der Waals surface area (Å²) in [6.45, 7) is 1.85. The molecular formula is C17H16N2O3S. The Hall–Kier alpha value is -2.47. The number of para-hydroxylation sites is 1. The van der Waals surface area contributed by atoms with Crippen LogP contribution in [0.15, 0.2) is 47.4 Å². The summed E-state index contributed by atoms with van der Waals surface area (Å²) >= 11 is 1.38. The second-order valence-electron chi connectivity index (χ2n) is 5.36. The lowest BCUT2D eigenvalue weighted by molar-refractivity contribution is -0.120. The van der Waals surface area contributed by atoms with Crippen molar-refractivity contribution in [1.29, 1.82) is 0 Å². The summed E-state index contributed by atoms with van der Waals surface area (Å²) in [6, 6.07) is 12.5. The summed E-state index contributed by atoms with van der Waals surface area (Å²) in [6.07, 6.45) is 0.0398. The molecule has 2 aromatic carbocycles. The summed E-state index contributed by atoms with van der Waals surface area (Å²) in [5.41, 5.74) is 2.02. The molecular weight excluding hydrogens is 312 g/mol. The summed E-state index contributed by atoms with van der Waals surface area (Å²) in [5, 5.41) is 14.8. The smallest absolute Gasteiger partial charge is 0.238 e. The number of rotatable bonds is 3. The number of thioether (sulfide) groups is 1. The first-order valence-corrected chi connectivity index (χ1v) is 8.07. The first-order chi connectivity index (χ1) is 11.0. The number of benzene rings is 2. The molecule has 1 atom stereocenters. The SMILES string of the molecule is Cc1ccc(NC(=O)C[C@H]2Sc3ccccc3NC2=O)c(O)c1. The molecule has 0 aromatic heterocycles. The monoisotopic (exact) mass is 328 g/mol. The molecule has 0 fully saturated rings. The highest BCUT2D eigenvalue weighted by atomic mass is 32.2. The van der Waals surface area contributed by atoms with Gasteiger partial charge in [-0.05, 0) is 36.8 Å². The molecule has 0 radical (unpaired) electrons. The fourth-order valence-electron chi connectivity index (χ4n) is 2.34. The van der Waals surface area contributed by atoms with Crippen molar-refractivity contribution >= 4 is 35.0 Å². The lowest BCUT2D eigenvalue weighted by Gasteiger charge is -2.23. The van der Waals surface area contributed by atoms with E-state index in [9.17, 15) is 14.7 Å². The van der Waals surface area contributed by atoms with Gasteiger partial charge in [0.1, 0.15) is 5.75 Å². The van der Waals surface area contributed by atoms with Gasteiger partial charge in [-0.2, -0.15) is 0 Å². The van der Waals surface area contributed by atoms with E-state index in [0.29, 0.717) is 5.69 Å². The molecule has 0 bridgehead atoms. The summed E-state index contributed by atoms with van der Waals surface area (Å²) in [5.74, 6) is -0.474. The zero-order valence-electron chi connectivity index (χ0n) is 12.5. The summed E-state index contributed by atoms with van der Waals surface area (Å²) < 4.78 is 0. The van der Waals surface area contributed by atoms with Crippen molar-refractivity contribution in [3.8, 4) is 5.75 Å². The molecule has 3 rings (SSSR count). The average molecular weight is 328 g/mol. The van der Waals surface area contributed by atoms with Crippen LogP contribution in [0.5, 0.6) is 5.75 Å². The van der Waals surface area contributed by atoms with E-state index < -0.39 is 5.25 Å². The molecule has 5 nitrogen and oxygen atoms in total. The van der Waals surface area contributed by atoms with Crippen LogP contribution < -0.4 is 10.6 Å². The zero-order valence-corrected chi connectivity index (χ0v) is 13.3. The number of hydrogen-bond acceptors (Lipinski definition) is 4. The van der Waals surface area contributed by atoms with Gasteiger partial charge in [0, 0.05) is 11.3 Å². The minimum atomic E-state index is -0.488. The number of nitrogens with one attached hydrogen (secondary N) is 2. The van der Waals surface area contributed by atoms with Crippen molar-refractivity contribution in [2.45, 2.75) is 23.5 Å². The molecule has 1 aliphatic rings. The highest BCUT2D eigenvalue weighted by Gasteiger charge is 2.28. The molecule has 0 spiro atoms. The van der Waals surface area contributed by atoms with Gasteiger partial charge in [-0.1, -0.05) is 18.2 Å². The quantitative estimate of drug-likeness (QED) is 0.756. The number of aryl methyl sites for hydroxylation is 1. The van der Waals surface area contributed by atoms with Gasteiger partial charge in [-0.15, -0.1) is 11.8 Å². The molecule has 1 heterocycles. The maximum absolute atomic E-state index is 12.2. The van der Waals surface area contributed by atoms with Crippen molar-refractivity contribution in [2.24, 2.45) is 0 Å². The molecule has 23 heavy (non-hydrogen) atoms. The van der Waals surface area contributed by atoms with Crippen molar-refractivity contribution in [3.05, 3.63) is 48.0 Å². The predicted octanol–water partition coefficient (Wildman–Crippen LogP) is 3.14. The Morgan fingerprint density at radius 2 is 2.09 bits per heavy atom. The third-order valence-corrected chi connectivity index (χ3v) is 4.78. The molecule has 118 valence electrons. The fraction of sp³-hybridized carbons (Fsp3) is 0.176. The number of carbonyl (C=O) groups excluding carboxylic acids is 2. The Kier molecular flexibility index (Phi) is 4.25. The van der Waals surface area contributed by atoms with Crippen LogP contribution in [0.25, 0.3) is 0 Å². The number of aromatic hydroxyl groups is 1. The number of anilines is 2. The molecule has 0 unspecified atom stereocenters. The zero-order chi connectivity index (χ0) is 16.4. The average Bonchev–Trinajstić information content (AvgIpc) is 2.51. The molecule has 2 aromatic rings. The second kappa shape index (κ2) is 6.34. The van der Waals surface area contributed by atoms with Crippen LogP contribution in [0.4, 0.5) is 11.4 Å². The Morgan fingerprint density at radius 3 is 2.87 bits per heavy atom. The van der Waals surface area contributed by atoms with Gasteiger partial charge >= 0.3 is 0 Å². The van der Waals surface area contributed by atoms with E-state index >= 15 is 0 Å². The van der Waals surface area contributed by atoms with Gasteiger partial charge in [0.15, 0.2) is 0 Å². The first-order valence-electron chi connectivity index (χ1n) is 7.19. The van der Waals surface area contributed by atoms with E-state index in [-0.39, 0.29) is 24.0 Å². The van der Waals surface area contributed by atoms with Gasteiger partial charge < -0.3 is 15.7 Å². The maximum Gasteiger partial charge on any atom is 0.238 e. The number of hydrogen-bond donors (Lipinski definition) is 3. The van der Waals surface area contributed by atoms with Gasteiger partial charge in [0.05, 0.1) is 16.6 Å². The predicted molar refractivity (Wildman–Crippen MR) is 90.8 cm³/mol. The standard InChI is InChI=1S/C17H16N2O3S/c1-10-6-7-11(13(20)8-10)18-16(21)9-15-17(22)19-12-4-2-3-5-14(12)23-15/h2-8,15,20H,9H2,1H3,(H,18,21)(H,19,22)/t15-/m1/s1. The number of phenols is 1. The van der Waals surface area contributed by atoms with Crippen molar-refractivity contribution in [2.75, 3.05) is 10.6 Å². The van der Waals surface area contributed by atoms with Crippen LogP contribution in [0.3, 0.4) is 0 Å². The highest BCUT2D eigenvalue weighted by molar-refractivity contribution is 8.01. The first kappa shape index (κ1) is 15.4. The van der Waals surface area contributed by atoms with E-state index in [1.807, 2.05) is 31.2 Å². The largest absolute Gasteiger partial charge is 0.506 e. The van der Waals surface area contributed by atoms with Crippen LogP contribution in [-0.2, 0) is 9.59 Å². The molecule has 1 aliphatic heterocycles. The number of amides is 2. The van der Waals surface area contributed by atoms with Crippen molar-refractivity contribution < 1.29 is 14.7 Å². The van der Waals surface area contributed by atoms with E-state index in [1.165, 1.54) is 11.8 Å². The van der Waals surface area contributed by atoms with Crippen LogP contribution >= 0.6 is 11.8 Å². The van der Waals surface area contributed by atoms with E-state index in [2.05, 4.69) is 10.6 Å². The molecule has 3 N–H and O–H groups in total. The van der Waals surface area contributed by atoms with Gasteiger partial charge in [-0.3, -0.25) is 9.59 Å². The third kappa shape index (κ3) is 3.48. The Morgan fingerprint density at radius 1 is 1.30 bits per heavy atom. The normalized spacial score (nSPS) is 16.4. The number of fused-ring (bicyclic) bond motifs is 1. The van der Waals surface area contributed by atoms with Crippen LogP contribution in [-0.4, -0.2) is 22.2 Å². The van der Waals surface area contributed by atoms with Crippen molar-refractivity contribution in [1.82, 2.24) is 0 Å². The van der Waals surface area contributed by atoms with Crippen LogP contribution in [0, 0.1) is 6.92 Å². The number of phenolic OH excluding ortho intramolecular Hbond substituents is 1. The minimum absolute atomic E-state index is 0.0180. The van der Waals surface area contributed by atoms with Crippen molar-refractivity contribution in [3.63, 3.8) is 0 Å². The summed E-state index contributed by atoms with van der Waals surface area (Å²) in [4.78, 5) is 25.2. The maximum atomic E-state index is 12.2. The summed E-state index contributed by atoms with van der Waals surface area (Å²) in [7, 11) is 0. The Labute approximate surface area is 138 Å². The van der Waals surface area contributed by atoms with Gasteiger partial charge in [-0.25, -0.2) is 0 Å². The minimum Gasteiger partial charge on any atom is -0.506 e. The Bertz CT molecular complexity index is 776. The van der Waals surface area contributed by atoms with E-state index in [4.69, 9.17) is 0 Å². The van der Waals surface area contributed by atoms with Gasteiger partial charge in [0.25, 0.3) is 0 Å². The highest BCUT2D eigenvalue weighted by Crippen LogP contribution is 2.36. The fourth-order valence-corrected chi connectivity index (χ4v) is 3.45. The van der Waals surface area contributed by atoms with Crippen LogP contribution in [0.1, 0.15) is 12.0 Å². The lowest BCUT2D eigenvalue weighted by atomic mass is 10.2. The molecule has 0 saturated heterocycles. The lowest BCUT2D eigenvalue weighted by Crippen LogP contribution is -2.32. The number of carbonyl (C=O) groups is 2. The Balaban J connectivity index is 1.67. The molecule has 0 aliphatic carbocycles. The van der Waals surface area contributed by atoms with E-state index in [0.717, 1.165) is 16.1 Å². The van der Waals surface area contributed by atoms with Gasteiger partial charge in [0.2, 0.25) is 11.8 Å².